The zero-order chi connectivity index (χ0) is 18.6. The fraction of sp³-hybridized carbons (Fsp3) is 0.250. The van der Waals surface area contributed by atoms with Crippen LogP contribution in [0.25, 0.3) is 0 Å². The van der Waals surface area contributed by atoms with Gasteiger partial charge in [0.05, 0.1) is 18.7 Å². The molecule has 0 unspecified atom stereocenters. The quantitative estimate of drug-likeness (QED) is 0.673. The second kappa shape index (κ2) is 7.57. The Morgan fingerprint density at radius 1 is 1.11 bits per heavy atom. The Morgan fingerprint density at radius 2 is 1.85 bits per heavy atom. The number of para-hydroxylation sites is 1. The lowest BCUT2D eigenvalue weighted by molar-refractivity contribution is -0.136. The fourth-order valence-electron chi connectivity index (χ4n) is 2.97. The second-order valence-electron chi connectivity index (χ2n) is 6.51. The summed E-state index contributed by atoms with van der Waals surface area (Å²) in [6, 6.07) is 16.0. The summed E-state index contributed by atoms with van der Waals surface area (Å²) in [6.07, 6.45) is 1.92. The van der Waals surface area contributed by atoms with Crippen LogP contribution in [0.15, 0.2) is 60.8 Å². The minimum atomic E-state index is -0.345. The third-order valence-corrected chi connectivity index (χ3v) is 4.58. The number of hydrogen-bond donors (Lipinski definition) is 0. The number of rotatable bonds is 6. The van der Waals surface area contributed by atoms with Gasteiger partial charge in [-0.2, -0.15) is 0 Å². The summed E-state index contributed by atoms with van der Waals surface area (Å²) in [5.41, 5.74) is 1.15. The van der Waals surface area contributed by atoms with E-state index < -0.39 is 0 Å². The minimum absolute atomic E-state index is 0.0763. The SMILES string of the molecule is O=C(Cc1ccccc1F)N1CC(n2cc(COc3ccccc3)nn2)C1. The molecule has 138 valence electrons. The summed E-state index contributed by atoms with van der Waals surface area (Å²) in [5, 5.41) is 8.25. The van der Waals surface area contributed by atoms with Crippen LogP contribution in [0.3, 0.4) is 0 Å². The third kappa shape index (κ3) is 3.97. The van der Waals surface area contributed by atoms with Crippen molar-refractivity contribution < 1.29 is 13.9 Å². The predicted octanol–water partition coefficient (Wildman–Crippen LogP) is 2.62. The minimum Gasteiger partial charge on any atom is -0.487 e. The molecular formula is C20H19FN4O2. The van der Waals surface area contributed by atoms with Crippen molar-refractivity contribution in [3.05, 3.63) is 77.9 Å². The number of carbonyl (C=O) groups excluding carboxylic acids is 1. The molecule has 0 bridgehead atoms. The van der Waals surface area contributed by atoms with E-state index in [9.17, 15) is 9.18 Å². The molecule has 7 heteroatoms. The average Bonchev–Trinajstić information content (AvgIpc) is 3.10. The van der Waals surface area contributed by atoms with Crippen LogP contribution >= 0.6 is 0 Å². The van der Waals surface area contributed by atoms with E-state index in [1.165, 1.54) is 6.07 Å². The largest absolute Gasteiger partial charge is 0.487 e. The molecule has 2 heterocycles. The van der Waals surface area contributed by atoms with E-state index in [0.29, 0.717) is 25.3 Å². The van der Waals surface area contributed by atoms with Crippen molar-refractivity contribution in [3.63, 3.8) is 0 Å². The maximum Gasteiger partial charge on any atom is 0.227 e. The molecule has 0 aliphatic carbocycles. The molecule has 0 spiro atoms. The van der Waals surface area contributed by atoms with Crippen molar-refractivity contribution in [2.75, 3.05) is 13.1 Å². The smallest absolute Gasteiger partial charge is 0.227 e. The lowest BCUT2D eigenvalue weighted by Gasteiger charge is -2.39. The normalized spacial score (nSPS) is 14.0. The molecule has 1 aliphatic rings. The Hall–Kier alpha value is -3.22. The van der Waals surface area contributed by atoms with Gasteiger partial charge in [0.25, 0.3) is 0 Å². The molecule has 0 N–H and O–H groups in total. The maximum atomic E-state index is 13.7. The van der Waals surface area contributed by atoms with Gasteiger partial charge in [-0.1, -0.05) is 41.6 Å². The Kier molecular flexibility index (Phi) is 4.82. The highest BCUT2D eigenvalue weighted by Crippen LogP contribution is 2.22. The van der Waals surface area contributed by atoms with Crippen LogP contribution in [-0.2, 0) is 17.8 Å². The molecule has 1 saturated heterocycles. The highest BCUT2D eigenvalue weighted by molar-refractivity contribution is 5.79. The molecule has 27 heavy (non-hydrogen) atoms. The molecule has 1 fully saturated rings. The number of carbonyl (C=O) groups is 1. The zero-order valence-corrected chi connectivity index (χ0v) is 14.7. The molecule has 0 saturated carbocycles. The number of nitrogens with zero attached hydrogens (tertiary/aromatic N) is 4. The first-order valence-electron chi connectivity index (χ1n) is 8.79. The van der Waals surface area contributed by atoms with E-state index in [4.69, 9.17) is 4.74 Å². The Balaban J connectivity index is 1.28. The van der Waals surface area contributed by atoms with Gasteiger partial charge in [-0.3, -0.25) is 4.79 Å². The van der Waals surface area contributed by atoms with Crippen LogP contribution in [0.5, 0.6) is 5.75 Å². The molecule has 3 aromatic rings. The van der Waals surface area contributed by atoms with Crippen molar-refractivity contribution >= 4 is 5.91 Å². The molecule has 0 radical (unpaired) electrons. The van der Waals surface area contributed by atoms with Gasteiger partial charge in [-0.25, -0.2) is 9.07 Å². The van der Waals surface area contributed by atoms with Gasteiger partial charge >= 0.3 is 0 Å². The molecular weight excluding hydrogens is 347 g/mol. The van der Waals surface area contributed by atoms with Gasteiger partial charge in [-0.15, -0.1) is 5.10 Å². The second-order valence-corrected chi connectivity index (χ2v) is 6.51. The first kappa shape index (κ1) is 17.2. The first-order chi connectivity index (χ1) is 13.2. The zero-order valence-electron chi connectivity index (χ0n) is 14.7. The van der Waals surface area contributed by atoms with E-state index in [0.717, 1.165) is 11.4 Å². The Bertz CT molecular complexity index is 922. The predicted molar refractivity (Wildman–Crippen MR) is 96.5 cm³/mol. The molecule has 1 aromatic heterocycles. The lowest BCUT2D eigenvalue weighted by atomic mass is 10.1. The van der Waals surface area contributed by atoms with Crippen LogP contribution in [-0.4, -0.2) is 38.9 Å². The number of halogens is 1. The van der Waals surface area contributed by atoms with Crippen LogP contribution < -0.4 is 4.74 Å². The van der Waals surface area contributed by atoms with Gasteiger partial charge in [0.2, 0.25) is 5.91 Å². The number of amides is 1. The Labute approximate surface area is 156 Å². The van der Waals surface area contributed by atoms with Crippen LogP contribution in [0.2, 0.25) is 0 Å². The van der Waals surface area contributed by atoms with E-state index in [-0.39, 0.29) is 24.2 Å². The van der Waals surface area contributed by atoms with Gasteiger partial charge in [0.15, 0.2) is 0 Å². The average molecular weight is 366 g/mol. The highest BCUT2D eigenvalue weighted by Gasteiger charge is 2.32. The third-order valence-electron chi connectivity index (χ3n) is 4.58. The van der Waals surface area contributed by atoms with Gasteiger partial charge in [0.1, 0.15) is 23.9 Å². The highest BCUT2D eigenvalue weighted by atomic mass is 19.1. The van der Waals surface area contributed by atoms with E-state index in [1.54, 1.807) is 27.8 Å². The summed E-state index contributed by atoms with van der Waals surface area (Å²) in [6.45, 7) is 1.44. The standard InChI is InChI=1S/C20H19FN4O2/c21-19-9-5-4-6-15(19)10-20(26)24-12-17(13-24)25-11-16(22-23-25)14-27-18-7-2-1-3-8-18/h1-9,11,17H,10,12-14H2. The van der Waals surface area contributed by atoms with E-state index >= 15 is 0 Å². The summed E-state index contributed by atoms with van der Waals surface area (Å²) in [4.78, 5) is 14.0. The summed E-state index contributed by atoms with van der Waals surface area (Å²) < 4.78 is 21.1. The van der Waals surface area contributed by atoms with Gasteiger partial charge in [-0.05, 0) is 23.8 Å². The molecule has 1 aliphatic heterocycles. The van der Waals surface area contributed by atoms with Crippen LogP contribution in [0.4, 0.5) is 4.39 Å². The molecule has 1 amide bonds. The van der Waals surface area contributed by atoms with Crippen LogP contribution in [0.1, 0.15) is 17.3 Å². The van der Waals surface area contributed by atoms with E-state index in [2.05, 4.69) is 10.3 Å². The summed E-state index contributed by atoms with van der Waals surface area (Å²) >= 11 is 0. The molecule has 6 nitrogen and oxygen atoms in total. The molecule has 4 rings (SSSR count). The van der Waals surface area contributed by atoms with Crippen molar-refractivity contribution in [2.24, 2.45) is 0 Å². The fourth-order valence-corrected chi connectivity index (χ4v) is 2.97. The molecule has 0 atom stereocenters. The summed E-state index contributed by atoms with van der Waals surface area (Å²) in [5.74, 6) is 0.354. The van der Waals surface area contributed by atoms with Crippen LogP contribution in [0, 0.1) is 5.82 Å². The van der Waals surface area contributed by atoms with Gasteiger partial charge < -0.3 is 9.64 Å². The number of ether oxygens (including phenoxy) is 1. The Morgan fingerprint density at radius 3 is 2.63 bits per heavy atom. The van der Waals surface area contributed by atoms with Crippen molar-refractivity contribution in [1.82, 2.24) is 19.9 Å². The molecule has 2 aromatic carbocycles. The van der Waals surface area contributed by atoms with Crippen molar-refractivity contribution in [3.8, 4) is 5.75 Å². The number of hydrogen-bond acceptors (Lipinski definition) is 4. The number of likely N-dealkylation sites (tertiary alicyclic amines) is 1. The lowest BCUT2D eigenvalue weighted by Crippen LogP contribution is -2.51. The monoisotopic (exact) mass is 366 g/mol. The summed E-state index contributed by atoms with van der Waals surface area (Å²) in [7, 11) is 0. The maximum absolute atomic E-state index is 13.7. The number of aromatic nitrogens is 3. The van der Waals surface area contributed by atoms with E-state index in [1.807, 2.05) is 36.5 Å². The van der Waals surface area contributed by atoms with Crippen molar-refractivity contribution in [2.45, 2.75) is 19.1 Å². The van der Waals surface area contributed by atoms with Crippen molar-refractivity contribution in [1.29, 1.82) is 0 Å². The topological polar surface area (TPSA) is 60.2 Å². The van der Waals surface area contributed by atoms with Gasteiger partial charge in [0, 0.05) is 13.1 Å². The number of benzene rings is 2. The first-order valence-corrected chi connectivity index (χ1v) is 8.79.